The van der Waals surface area contributed by atoms with Crippen LogP contribution in [0.15, 0.2) is 72.0 Å². The van der Waals surface area contributed by atoms with Crippen molar-refractivity contribution >= 4 is 33.7 Å². The van der Waals surface area contributed by atoms with E-state index in [1.54, 1.807) is 51.3 Å². The summed E-state index contributed by atoms with van der Waals surface area (Å²) in [5.41, 5.74) is 2.53. The average molecular weight is 546 g/mol. The number of rotatable bonds is 4. The van der Waals surface area contributed by atoms with Crippen molar-refractivity contribution in [2.45, 2.75) is 31.3 Å². The van der Waals surface area contributed by atoms with Crippen LogP contribution in [0.25, 0.3) is 28.0 Å². The molecule has 1 saturated heterocycles. The number of amides is 2. The highest BCUT2D eigenvalue weighted by Gasteiger charge is 2.28. The Morgan fingerprint density at radius 2 is 1.54 bits per heavy atom. The molecule has 0 saturated carbocycles. The minimum absolute atomic E-state index is 0.131. The molecule has 0 N–H and O–H groups in total. The summed E-state index contributed by atoms with van der Waals surface area (Å²) < 4.78 is 19.8. The van der Waals surface area contributed by atoms with Crippen molar-refractivity contribution in [2.75, 3.05) is 32.4 Å². The van der Waals surface area contributed by atoms with E-state index < -0.39 is 16.4 Å². The van der Waals surface area contributed by atoms with Crippen molar-refractivity contribution in [2.24, 2.45) is 0 Å². The standard InChI is InChI=1S/C29H31N5O4S/c1-29(2,3)38-28(36)33-14-12-32(13-15-33)26(35)21-10-11-23-24(16-21)34(19-25(23)39(4)37)27-30-17-22(18-31-27)20-8-6-5-7-9-20/h5-11,16-19H,12-15H2,1-4H3. The molecule has 0 spiro atoms. The summed E-state index contributed by atoms with van der Waals surface area (Å²) in [7, 11) is -1.25. The van der Waals surface area contributed by atoms with E-state index in [4.69, 9.17) is 4.74 Å². The minimum Gasteiger partial charge on any atom is -0.444 e. The molecule has 9 nitrogen and oxygen atoms in total. The number of hydrogen-bond donors (Lipinski definition) is 0. The molecular weight excluding hydrogens is 514 g/mol. The second kappa shape index (κ2) is 10.6. The zero-order chi connectivity index (χ0) is 27.7. The third kappa shape index (κ3) is 5.70. The van der Waals surface area contributed by atoms with Gasteiger partial charge in [-0.1, -0.05) is 36.4 Å². The van der Waals surface area contributed by atoms with Crippen LogP contribution in [0.5, 0.6) is 0 Å². The van der Waals surface area contributed by atoms with Gasteiger partial charge in [0.1, 0.15) is 5.60 Å². The van der Waals surface area contributed by atoms with Gasteiger partial charge in [0.2, 0.25) is 5.95 Å². The third-order valence-electron chi connectivity index (χ3n) is 6.51. The van der Waals surface area contributed by atoms with E-state index in [-0.39, 0.29) is 12.0 Å². The number of aromatic nitrogens is 3. The molecule has 0 bridgehead atoms. The number of fused-ring (bicyclic) bond motifs is 1. The Bertz CT molecular complexity index is 1540. The molecule has 3 heterocycles. The normalized spacial score (nSPS) is 14.9. The van der Waals surface area contributed by atoms with Crippen LogP contribution in [0.4, 0.5) is 4.79 Å². The number of nitrogens with zero attached hydrogens (tertiary/aromatic N) is 5. The number of carbonyl (C=O) groups is 2. The number of piperazine rings is 1. The fourth-order valence-electron chi connectivity index (χ4n) is 4.55. The van der Waals surface area contributed by atoms with Crippen LogP contribution in [0, 0.1) is 0 Å². The molecule has 0 aliphatic carbocycles. The summed E-state index contributed by atoms with van der Waals surface area (Å²) in [6, 6.07) is 15.2. The van der Waals surface area contributed by atoms with Crippen LogP contribution in [-0.2, 0) is 15.5 Å². The fraction of sp³-hybridized carbons (Fsp3) is 0.310. The maximum Gasteiger partial charge on any atom is 0.410 e. The van der Waals surface area contributed by atoms with Gasteiger partial charge in [-0.3, -0.25) is 13.6 Å². The van der Waals surface area contributed by atoms with Gasteiger partial charge in [-0.2, -0.15) is 0 Å². The summed E-state index contributed by atoms with van der Waals surface area (Å²) >= 11 is 0. The molecule has 5 rings (SSSR count). The van der Waals surface area contributed by atoms with Crippen molar-refractivity contribution in [3.05, 3.63) is 72.7 Å². The summed E-state index contributed by atoms with van der Waals surface area (Å²) in [6.45, 7) is 7.12. The molecule has 202 valence electrons. The number of hydrogen-bond acceptors (Lipinski definition) is 6. The smallest absolute Gasteiger partial charge is 0.410 e. The minimum atomic E-state index is -1.25. The molecule has 1 aliphatic heterocycles. The Balaban J connectivity index is 1.40. The van der Waals surface area contributed by atoms with E-state index in [0.717, 1.165) is 16.5 Å². The summed E-state index contributed by atoms with van der Waals surface area (Å²) in [5.74, 6) is 0.292. The van der Waals surface area contributed by atoms with Crippen molar-refractivity contribution in [1.29, 1.82) is 0 Å². The first-order chi connectivity index (χ1) is 18.6. The van der Waals surface area contributed by atoms with E-state index in [0.29, 0.717) is 48.1 Å². The largest absolute Gasteiger partial charge is 0.444 e. The van der Waals surface area contributed by atoms with Gasteiger partial charge in [-0.25, -0.2) is 14.8 Å². The Morgan fingerprint density at radius 3 is 2.15 bits per heavy atom. The Labute approximate surface area is 229 Å². The molecule has 4 aromatic rings. The van der Waals surface area contributed by atoms with Gasteiger partial charge < -0.3 is 14.5 Å². The lowest BCUT2D eigenvalue weighted by Gasteiger charge is -2.35. The molecule has 1 unspecified atom stereocenters. The first-order valence-electron chi connectivity index (χ1n) is 12.7. The van der Waals surface area contributed by atoms with E-state index >= 15 is 0 Å². The maximum atomic E-state index is 13.4. The second-order valence-electron chi connectivity index (χ2n) is 10.4. The Kier molecular flexibility index (Phi) is 7.22. The van der Waals surface area contributed by atoms with Crippen molar-refractivity contribution < 1.29 is 18.5 Å². The predicted molar refractivity (Wildman–Crippen MR) is 150 cm³/mol. The second-order valence-corrected chi connectivity index (χ2v) is 11.8. The lowest BCUT2D eigenvalue weighted by atomic mass is 10.1. The molecule has 2 amide bonds. The van der Waals surface area contributed by atoms with Gasteiger partial charge in [0.05, 0.1) is 21.2 Å². The number of carbonyl (C=O) groups excluding carboxylic acids is 2. The Morgan fingerprint density at radius 1 is 0.897 bits per heavy atom. The van der Waals surface area contributed by atoms with Gasteiger partial charge in [0.15, 0.2) is 0 Å². The van der Waals surface area contributed by atoms with Gasteiger partial charge >= 0.3 is 6.09 Å². The number of ether oxygens (including phenoxy) is 1. The fourth-order valence-corrected chi connectivity index (χ4v) is 5.29. The van der Waals surface area contributed by atoms with Gasteiger partial charge in [0.25, 0.3) is 5.91 Å². The molecule has 39 heavy (non-hydrogen) atoms. The molecule has 2 aromatic heterocycles. The van der Waals surface area contributed by atoms with Gasteiger partial charge in [0, 0.05) is 67.5 Å². The summed E-state index contributed by atoms with van der Waals surface area (Å²) in [4.78, 5) is 39.0. The average Bonchev–Trinajstić information content (AvgIpc) is 3.32. The van der Waals surface area contributed by atoms with Crippen molar-refractivity contribution in [1.82, 2.24) is 24.3 Å². The molecular formula is C29H31N5O4S. The zero-order valence-corrected chi connectivity index (χ0v) is 23.3. The zero-order valence-electron chi connectivity index (χ0n) is 22.5. The highest BCUT2D eigenvalue weighted by atomic mass is 32.2. The number of benzene rings is 2. The van der Waals surface area contributed by atoms with Gasteiger partial charge in [-0.15, -0.1) is 0 Å². The summed E-state index contributed by atoms with van der Waals surface area (Å²) in [5, 5.41) is 0.776. The molecule has 1 fully saturated rings. The van der Waals surface area contributed by atoms with Crippen LogP contribution >= 0.6 is 0 Å². The Hall–Kier alpha value is -4.05. The molecule has 1 atom stereocenters. The molecule has 1 aliphatic rings. The topological polar surface area (TPSA) is 97.6 Å². The highest BCUT2D eigenvalue weighted by molar-refractivity contribution is 7.84. The van der Waals surface area contributed by atoms with Crippen LogP contribution in [0.1, 0.15) is 31.1 Å². The molecule has 2 aromatic carbocycles. The van der Waals surface area contributed by atoms with Crippen molar-refractivity contribution in [3.63, 3.8) is 0 Å². The van der Waals surface area contributed by atoms with Crippen LogP contribution in [0.3, 0.4) is 0 Å². The van der Waals surface area contributed by atoms with Crippen LogP contribution < -0.4 is 0 Å². The quantitative estimate of drug-likeness (QED) is 0.374. The first kappa shape index (κ1) is 26.6. The third-order valence-corrected chi connectivity index (χ3v) is 7.45. The van der Waals surface area contributed by atoms with E-state index in [2.05, 4.69) is 9.97 Å². The van der Waals surface area contributed by atoms with E-state index in [9.17, 15) is 13.8 Å². The van der Waals surface area contributed by atoms with Crippen molar-refractivity contribution in [3.8, 4) is 17.1 Å². The van der Waals surface area contributed by atoms with E-state index in [1.165, 1.54) is 0 Å². The molecule has 0 radical (unpaired) electrons. The highest BCUT2D eigenvalue weighted by Crippen LogP contribution is 2.28. The SMILES string of the molecule is CS(=O)c1cn(-c2ncc(-c3ccccc3)cn2)c2cc(C(=O)N3CCN(C(=O)OC(C)(C)C)CC3)ccc12. The van der Waals surface area contributed by atoms with Gasteiger partial charge in [-0.05, 0) is 38.5 Å². The van der Waals surface area contributed by atoms with Crippen LogP contribution in [0.2, 0.25) is 0 Å². The first-order valence-corrected chi connectivity index (χ1v) is 14.3. The van der Waals surface area contributed by atoms with E-state index in [1.807, 2.05) is 57.2 Å². The molecule has 10 heteroatoms. The maximum absolute atomic E-state index is 13.4. The lowest BCUT2D eigenvalue weighted by molar-refractivity contribution is 0.0141. The monoisotopic (exact) mass is 545 g/mol. The van der Waals surface area contributed by atoms with Crippen LogP contribution in [-0.4, -0.2) is 78.6 Å². The lowest BCUT2D eigenvalue weighted by Crippen LogP contribution is -2.51. The predicted octanol–water partition coefficient (Wildman–Crippen LogP) is 4.52. The summed E-state index contributed by atoms with van der Waals surface area (Å²) in [6.07, 6.45) is 6.54.